The third-order valence-electron chi connectivity index (χ3n) is 2.72. The highest BCUT2D eigenvalue weighted by Gasteiger charge is 2.29. The van der Waals surface area contributed by atoms with E-state index in [2.05, 4.69) is 12.2 Å². The molecule has 0 aromatic rings. The molecule has 0 radical (unpaired) electrons. The van der Waals surface area contributed by atoms with E-state index in [0.717, 1.165) is 12.8 Å². The zero-order chi connectivity index (χ0) is 10.4. The Hall–Kier alpha value is -0.860. The molecule has 0 spiro atoms. The third kappa shape index (κ3) is 3.48. The van der Waals surface area contributed by atoms with Gasteiger partial charge in [0, 0.05) is 12.3 Å². The summed E-state index contributed by atoms with van der Waals surface area (Å²) in [7, 11) is 0. The number of nitrogens with one attached hydrogen (secondary N) is 1. The van der Waals surface area contributed by atoms with Crippen LogP contribution in [0, 0.1) is 5.92 Å². The first-order valence-corrected chi connectivity index (χ1v) is 5.57. The van der Waals surface area contributed by atoms with E-state index >= 15 is 0 Å². The quantitative estimate of drug-likeness (QED) is 0.523. The average Bonchev–Trinajstić information content (AvgIpc) is 2.45. The summed E-state index contributed by atoms with van der Waals surface area (Å²) in [4.78, 5) is 22.0. The predicted octanol–water partition coefficient (Wildman–Crippen LogP) is 2.01. The highest BCUT2D eigenvalue weighted by Crippen LogP contribution is 2.18. The standard InChI is InChI=1S/C11H19NO2/c1-2-3-4-5-6-7-9-8-10(13)12-11(9)14/h9H,2-8H2,1H3,(H,12,13,14). The maximum Gasteiger partial charge on any atom is 0.230 e. The van der Waals surface area contributed by atoms with Crippen molar-refractivity contribution < 1.29 is 9.59 Å². The first-order valence-electron chi connectivity index (χ1n) is 5.57. The van der Waals surface area contributed by atoms with Crippen LogP contribution < -0.4 is 5.32 Å². The Morgan fingerprint density at radius 1 is 1.21 bits per heavy atom. The van der Waals surface area contributed by atoms with Gasteiger partial charge in [-0.25, -0.2) is 0 Å². The van der Waals surface area contributed by atoms with E-state index in [1.807, 2.05) is 0 Å². The van der Waals surface area contributed by atoms with Crippen molar-refractivity contribution in [3.8, 4) is 0 Å². The van der Waals surface area contributed by atoms with Crippen molar-refractivity contribution >= 4 is 11.8 Å². The lowest BCUT2D eigenvalue weighted by atomic mass is 9.99. The molecule has 0 aromatic carbocycles. The third-order valence-corrected chi connectivity index (χ3v) is 2.72. The van der Waals surface area contributed by atoms with Crippen molar-refractivity contribution in [1.82, 2.24) is 5.32 Å². The van der Waals surface area contributed by atoms with Crippen molar-refractivity contribution in [3.63, 3.8) is 0 Å². The van der Waals surface area contributed by atoms with Gasteiger partial charge in [0.1, 0.15) is 0 Å². The van der Waals surface area contributed by atoms with Crippen molar-refractivity contribution in [2.75, 3.05) is 0 Å². The van der Waals surface area contributed by atoms with Crippen LogP contribution in [0.1, 0.15) is 51.9 Å². The lowest BCUT2D eigenvalue weighted by molar-refractivity contribution is -0.125. The molecule has 0 aromatic heterocycles. The second kappa shape index (κ2) is 5.78. The van der Waals surface area contributed by atoms with Gasteiger partial charge in [0.25, 0.3) is 0 Å². The van der Waals surface area contributed by atoms with Gasteiger partial charge in [-0.05, 0) is 6.42 Å². The fraction of sp³-hybridized carbons (Fsp3) is 0.818. The van der Waals surface area contributed by atoms with E-state index in [1.54, 1.807) is 0 Å². The van der Waals surface area contributed by atoms with Crippen LogP contribution in [0.5, 0.6) is 0 Å². The van der Waals surface area contributed by atoms with Crippen molar-refractivity contribution in [3.05, 3.63) is 0 Å². The number of rotatable bonds is 6. The van der Waals surface area contributed by atoms with E-state index in [1.165, 1.54) is 25.7 Å². The van der Waals surface area contributed by atoms with Gasteiger partial charge in [-0.2, -0.15) is 0 Å². The molecule has 1 fully saturated rings. The molecular formula is C11H19NO2. The second-order valence-corrected chi connectivity index (χ2v) is 4.02. The van der Waals surface area contributed by atoms with Gasteiger partial charge in [-0.1, -0.05) is 39.0 Å². The Bertz CT molecular complexity index is 213. The normalized spacial score (nSPS) is 21.4. The van der Waals surface area contributed by atoms with Crippen LogP contribution >= 0.6 is 0 Å². The maximum atomic E-state index is 11.2. The lowest BCUT2D eigenvalue weighted by Gasteiger charge is -2.04. The van der Waals surface area contributed by atoms with Crippen LogP contribution in [0.25, 0.3) is 0 Å². The Morgan fingerprint density at radius 3 is 2.50 bits per heavy atom. The number of amides is 2. The number of unbranched alkanes of at least 4 members (excludes halogenated alkanes) is 4. The van der Waals surface area contributed by atoms with Crippen molar-refractivity contribution in [1.29, 1.82) is 0 Å². The molecule has 1 unspecified atom stereocenters. The van der Waals surface area contributed by atoms with Gasteiger partial charge in [-0.3, -0.25) is 14.9 Å². The molecule has 3 heteroatoms. The fourth-order valence-corrected chi connectivity index (χ4v) is 1.83. The second-order valence-electron chi connectivity index (χ2n) is 4.02. The zero-order valence-corrected chi connectivity index (χ0v) is 8.84. The zero-order valence-electron chi connectivity index (χ0n) is 8.84. The lowest BCUT2D eigenvalue weighted by Crippen LogP contribution is -2.21. The number of imide groups is 1. The Balaban J connectivity index is 2.07. The molecule has 0 saturated carbocycles. The Kier molecular flexibility index (Phi) is 4.63. The molecule has 3 nitrogen and oxygen atoms in total. The summed E-state index contributed by atoms with van der Waals surface area (Å²) in [5.41, 5.74) is 0. The molecule has 80 valence electrons. The molecule has 1 aliphatic rings. The van der Waals surface area contributed by atoms with Crippen molar-refractivity contribution in [2.45, 2.75) is 51.9 Å². The largest absolute Gasteiger partial charge is 0.296 e. The number of hydrogen-bond donors (Lipinski definition) is 1. The smallest absolute Gasteiger partial charge is 0.230 e. The molecule has 1 rings (SSSR count). The number of carbonyl (C=O) groups excluding carboxylic acids is 2. The molecule has 0 bridgehead atoms. The van der Waals surface area contributed by atoms with Gasteiger partial charge in [0.2, 0.25) is 11.8 Å². The number of hydrogen-bond acceptors (Lipinski definition) is 2. The van der Waals surface area contributed by atoms with Crippen LogP contribution in [0.2, 0.25) is 0 Å². The Labute approximate surface area is 85.3 Å². The van der Waals surface area contributed by atoms with Crippen LogP contribution in [0.3, 0.4) is 0 Å². The fourth-order valence-electron chi connectivity index (χ4n) is 1.83. The highest BCUT2D eigenvalue weighted by molar-refractivity contribution is 6.03. The monoisotopic (exact) mass is 197 g/mol. The van der Waals surface area contributed by atoms with Gasteiger partial charge in [0.15, 0.2) is 0 Å². The van der Waals surface area contributed by atoms with E-state index in [9.17, 15) is 9.59 Å². The minimum Gasteiger partial charge on any atom is -0.296 e. The topological polar surface area (TPSA) is 46.2 Å². The molecule has 0 aliphatic carbocycles. The number of carbonyl (C=O) groups is 2. The van der Waals surface area contributed by atoms with Crippen molar-refractivity contribution in [2.24, 2.45) is 5.92 Å². The molecule has 1 N–H and O–H groups in total. The van der Waals surface area contributed by atoms with E-state index < -0.39 is 0 Å². The van der Waals surface area contributed by atoms with Gasteiger partial charge >= 0.3 is 0 Å². The highest BCUT2D eigenvalue weighted by atomic mass is 16.2. The van der Waals surface area contributed by atoms with Crippen LogP contribution in [-0.4, -0.2) is 11.8 Å². The summed E-state index contributed by atoms with van der Waals surface area (Å²) in [5.74, 6) is -0.205. The molecule has 14 heavy (non-hydrogen) atoms. The summed E-state index contributed by atoms with van der Waals surface area (Å²) in [6, 6.07) is 0. The molecule has 2 amide bonds. The molecule has 1 atom stereocenters. The van der Waals surface area contributed by atoms with Crippen LogP contribution in [-0.2, 0) is 9.59 Å². The summed E-state index contributed by atoms with van der Waals surface area (Å²) < 4.78 is 0. The van der Waals surface area contributed by atoms with E-state index in [-0.39, 0.29) is 17.7 Å². The summed E-state index contributed by atoms with van der Waals surface area (Å²) >= 11 is 0. The first kappa shape index (κ1) is 11.2. The van der Waals surface area contributed by atoms with E-state index in [0.29, 0.717) is 6.42 Å². The predicted molar refractivity (Wildman–Crippen MR) is 54.6 cm³/mol. The van der Waals surface area contributed by atoms with Gasteiger partial charge < -0.3 is 0 Å². The van der Waals surface area contributed by atoms with Gasteiger partial charge in [0.05, 0.1) is 0 Å². The Morgan fingerprint density at radius 2 is 1.93 bits per heavy atom. The van der Waals surface area contributed by atoms with E-state index in [4.69, 9.17) is 0 Å². The SMILES string of the molecule is CCCCCCCC1CC(=O)NC1=O. The minimum absolute atomic E-state index is 0.0378. The first-order chi connectivity index (χ1) is 6.74. The summed E-state index contributed by atoms with van der Waals surface area (Å²) in [6.45, 7) is 2.18. The molecule has 1 aliphatic heterocycles. The van der Waals surface area contributed by atoms with Crippen LogP contribution in [0.4, 0.5) is 0 Å². The molecule has 1 saturated heterocycles. The van der Waals surface area contributed by atoms with Gasteiger partial charge in [-0.15, -0.1) is 0 Å². The van der Waals surface area contributed by atoms with Crippen LogP contribution in [0.15, 0.2) is 0 Å². The molecular weight excluding hydrogens is 178 g/mol. The summed E-state index contributed by atoms with van der Waals surface area (Å²) in [5, 5.41) is 2.34. The summed E-state index contributed by atoms with van der Waals surface area (Å²) in [6.07, 6.45) is 7.31. The minimum atomic E-state index is -0.103. The maximum absolute atomic E-state index is 11.2. The molecule has 1 heterocycles. The average molecular weight is 197 g/mol.